The van der Waals surface area contributed by atoms with E-state index >= 15 is 0 Å². The number of esters is 1. The lowest BCUT2D eigenvalue weighted by atomic mass is 9.44. The lowest BCUT2D eigenvalue weighted by Crippen LogP contribution is -2.59. The van der Waals surface area contributed by atoms with Gasteiger partial charge in [0.2, 0.25) is 0 Å². The molecule has 0 amide bonds. The van der Waals surface area contributed by atoms with Crippen molar-refractivity contribution in [2.45, 2.75) is 143 Å². The van der Waals surface area contributed by atoms with Gasteiger partial charge in [-0.3, -0.25) is 0 Å². The molecule has 0 radical (unpaired) electrons. The molecule has 4 saturated carbocycles. The molecule has 0 saturated heterocycles. The maximum Gasteiger partial charge on any atom is 0.332 e. The zero-order valence-corrected chi connectivity index (χ0v) is 25.3. The summed E-state index contributed by atoms with van der Waals surface area (Å²) in [5, 5.41) is 21.6. The molecule has 0 spiro atoms. The third kappa shape index (κ3) is 6.15. The quantitative estimate of drug-likeness (QED) is 0.222. The first kappa shape index (κ1) is 30.3. The average molecular weight is 535 g/mol. The number of hydrogen-bond acceptors (Lipinski definition) is 5. The van der Waals surface area contributed by atoms with E-state index in [2.05, 4.69) is 27.7 Å². The molecule has 4 rings (SSSR count). The maximum atomic E-state index is 12.4. The van der Waals surface area contributed by atoms with Crippen LogP contribution in [0.1, 0.15) is 125 Å². The van der Waals surface area contributed by atoms with Gasteiger partial charge in [0, 0.05) is 6.61 Å². The summed E-state index contributed by atoms with van der Waals surface area (Å²) in [5.74, 6) is 3.64. The summed E-state index contributed by atoms with van der Waals surface area (Å²) in [6, 6.07) is 0. The smallest absolute Gasteiger partial charge is 0.332 e. The Morgan fingerprint density at radius 1 is 0.974 bits per heavy atom. The van der Waals surface area contributed by atoms with Gasteiger partial charge in [-0.15, -0.1) is 0 Å². The van der Waals surface area contributed by atoms with Crippen LogP contribution in [0.2, 0.25) is 0 Å². The molecule has 2 N–H and O–H groups in total. The molecule has 10 atom stereocenters. The van der Waals surface area contributed by atoms with Crippen molar-refractivity contribution < 1.29 is 24.5 Å². The van der Waals surface area contributed by atoms with Gasteiger partial charge in [0.05, 0.1) is 11.7 Å². The predicted molar refractivity (Wildman–Crippen MR) is 152 cm³/mol. The van der Waals surface area contributed by atoms with E-state index in [9.17, 15) is 15.0 Å². The van der Waals surface area contributed by atoms with Crippen molar-refractivity contribution in [1.82, 2.24) is 0 Å². The van der Waals surface area contributed by atoms with Gasteiger partial charge in [0.25, 0.3) is 0 Å². The third-order valence-corrected chi connectivity index (χ3v) is 12.1. The highest BCUT2D eigenvalue weighted by molar-refractivity contribution is 5.71. The summed E-state index contributed by atoms with van der Waals surface area (Å²) < 4.78 is 11.2. The molecule has 5 heteroatoms. The van der Waals surface area contributed by atoms with E-state index in [0.29, 0.717) is 23.9 Å². The maximum absolute atomic E-state index is 12.4. The number of carbonyl (C=O) groups is 1. The van der Waals surface area contributed by atoms with E-state index in [1.54, 1.807) is 0 Å². The van der Waals surface area contributed by atoms with E-state index in [0.717, 1.165) is 62.7 Å². The number of rotatable bonds is 11. The Kier molecular flexibility index (Phi) is 9.63. The lowest BCUT2D eigenvalue weighted by Gasteiger charge is -2.62. The Morgan fingerprint density at radius 3 is 2.37 bits per heavy atom. The molecule has 0 heterocycles. The highest BCUT2D eigenvalue weighted by atomic mass is 16.6. The van der Waals surface area contributed by atoms with Crippen molar-refractivity contribution in [3.05, 3.63) is 0 Å². The second kappa shape index (κ2) is 12.1. The van der Waals surface area contributed by atoms with E-state index in [-0.39, 0.29) is 30.0 Å². The fourth-order valence-corrected chi connectivity index (χ4v) is 10.1. The van der Waals surface area contributed by atoms with Gasteiger partial charge < -0.3 is 19.7 Å². The van der Waals surface area contributed by atoms with Crippen LogP contribution >= 0.6 is 0 Å². The van der Waals surface area contributed by atoms with Crippen LogP contribution in [-0.4, -0.2) is 47.2 Å². The zero-order chi connectivity index (χ0) is 27.7. The first-order chi connectivity index (χ1) is 17.9. The zero-order valence-electron chi connectivity index (χ0n) is 25.3. The standard InChI is InChI=1S/C33H58O5/c1-7-8-20-37-21-29(34)38-28-16-19-33(6)26-15-18-32(5)24(22(2)10-9-17-31(3,4)36)13-14-25(32)23(26)11-12-27(33)30(28)35/h22-28,30,35-36H,7-21H2,1-6H3/t22-,23+,24-,25+,26+,27+,28+,30-,32-,33-/m1/s1. The number of ether oxygens (including phenoxy) is 2. The van der Waals surface area contributed by atoms with Crippen LogP contribution in [0, 0.1) is 46.3 Å². The molecule has 0 unspecified atom stereocenters. The molecule has 38 heavy (non-hydrogen) atoms. The van der Waals surface area contributed by atoms with Gasteiger partial charge >= 0.3 is 5.97 Å². The molecule has 0 aromatic heterocycles. The largest absolute Gasteiger partial charge is 0.458 e. The molecule has 0 aliphatic heterocycles. The third-order valence-electron chi connectivity index (χ3n) is 12.1. The molecule has 4 fully saturated rings. The molecule has 0 aromatic carbocycles. The number of aliphatic hydroxyl groups is 2. The topological polar surface area (TPSA) is 76.0 Å². The van der Waals surface area contributed by atoms with Crippen LogP contribution in [0.3, 0.4) is 0 Å². The van der Waals surface area contributed by atoms with Gasteiger partial charge in [-0.25, -0.2) is 4.79 Å². The van der Waals surface area contributed by atoms with E-state index < -0.39 is 11.7 Å². The van der Waals surface area contributed by atoms with Crippen molar-refractivity contribution in [2.75, 3.05) is 13.2 Å². The Balaban J connectivity index is 1.36. The Labute approximate surface area is 232 Å². The minimum atomic E-state index is -0.560. The number of fused-ring (bicyclic) bond motifs is 5. The summed E-state index contributed by atoms with van der Waals surface area (Å²) in [5.41, 5.74) is 0.0144. The number of carbonyl (C=O) groups excluding carboxylic acids is 1. The van der Waals surface area contributed by atoms with Crippen molar-refractivity contribution in [1.29, 1.82) is 0 Å². The summed E-state index contributed by atoms with van der Waals surface area (Å²) in [6.45, 7) is 14.1. The van der Waals surface area contributed by atoms with Crippen LogP contribution in [-0.2, 0) is 14.3 Å². The summed E-state index contributed by atoms with van der Waals surface area (Å²) in [6.07, 6.45) is 13.6. The fraction of sp³-hybridized carbons (Fsp3) is 0.970. The Bertz CT molecular complexity index is 791. The van der Waals surface area contributed by atoms with Gasteiger partial charge in [-0.1, -0.05) is 47.0 Å². The van der Waals surface area contributed by atoms with Gasteiger partial charge in [0.15, 0.2) is 0 Å². The first-order valence-corrected chi connectivity index (χ1v) is 16.1. The van der Waals surface area contributed by atoms with Crippen LogP contribution in [0.5, 0.6) is 0 Å². The van der Waals surface area contributed by atoms with Crippen LogP contribution in [0.4, 0.5) is 0 Å². The van der Waals surface area contributed by atoms with Crippen molar-refractivity contribution >= 4 is 5.97 Å². The molecule has 220 valence electrons. The van der Waals surface area contributed by atoms with Crippen LogP contribution < -0.4 is 0 Å². The van der Waals surface area contributed by atoms with Crippen LogP contribution in [0.25, 0.3) is 0 Å². The summed E-state index contributed by atoms with van der Waals surface area (Å²) >= 11 is 0. The minimum absolute atomic E-state index is 0.00648. The minimum Gasteiger partial charge on any atom is -0.458 e. The van der Waals surface area contributed by atoms with Crippen molar-refractivity contribution in [3.63, 3.8) is 0 Å². The number of aliphatic hydroxyl groups excluding tert-OH is 1. The molecular weight excluding hydrogens is 476 g/mol. The Hall–Kier alpha value is -0.650. The van der Waals surface area contributed by atoms with Crippen molar-refractivity contribution in [3.8, 4) is 0 Å². The highest BCUT2D eigenvalue weighted by Crippen LogP contribution is 2.68. The van der Waals surface area contributed by atoms with Crippen LogP contribution in [0.15, 0.2) is 0 Å². The molecule has 5 nitrogen and oxygen atoms in total. The second-order valence-corrected chi connectivity index (χ2v) is 14.9. The normalized spacial score (nSPS) is 41.6. The summed E-state index contributed by atoms with van der Waals surface area (Å²) in [7, 11) is 0. The Morgan fingerprint density at radius 2 is 1.66 bits per heavy atom. The lowest BCUT2D eigenvalue weighted by molar-refractivity contribution is -0.195. The highest BCUT2D eigenvalue weighted by Gasteiger charge is 2.62. The molecular formula is C33H58O5. The molecule has 4 aliphatic rings. The SMILES string of the molecule is CCCCOCC(=O)O[C@H]1CC[C@@]2(C)[C@@H](CC[C@@H]3[C@@H]2CC[C@]2(C)[C@@H]([C@H](C)CCCC(C)(C)O)CC[C@@H]32)[C@H]1O. The van der Waals surface area contributed by atoms with E-state index in [4.69, 9.17) is 9.47 Å². The van der Waals surface area contributed by atoms with E-state index in [1.807, 2.05) is 13.8 Å². The first-order valence-electron chi connectivity index (χ1n) is 16.1. The predicted octanol–water partition coefficient (Wildman–Crippen LogP) is 6.92. The number of unbranched alkanes of at least 4 members (excludes halogenated alkanes) is 1. The molecule has 0 bridgehead atoms. The summed E-state index contributed by atoms with van der Waals surface area (Å²) in [4.78, 5) is 12.4. The monoisotopic (exact) mass is 534 g/mol. The number of hydrogen-bond donors (Lipinski definition) is 2. The fourth-order valence-electron chi connectivity index (χ4n) is 10.1. The van der Waals surface area contributed by atoms with Gasteiger partial charge in [0.1, 0.15) is 12.7 Å². The van der Waals surface area contributed by atoms with Crippen molar-refractivity contribution in [2.24, 2.45) is 46.3 Å². The molecule has 4 aliphatic carbocycles. The second-order valence-electron chi connectivity index (χ2n) is 14.9. The van der Waals surface area contributed by atoms with E-state index in [1.165, 1.54) is 38.5 Å². The van der Waals surface area contributed by atoms with Gasteiger partial charge in [-0.05, 0) is 124 Å². The average Bonchev–Trinajstić information content (AvgIpc) is 3.20. The van der Waals surface area contributed by atoms with Gasteiger partial charge in [-0.2, -0.15) is 0 Å². The molecule has 0 aromatic rings.